The highest BCUT2D eigenvalue weighted by Gasteiger charge is 2.25. The van der Waals surface area contributed by atoms with E-state index in [4.69, 9.17) is 15.0 Å². The molecule has 7 heteroatoms. The molecule has 0 atom stereocenters. The summed E-state index contributed by atoms with van der Waals surface area (Å²) < 4.78 is 20.0. The minimum Gasteiger partial charge on any atom is -0.444 e. The van der Waals surface area contributed by atoms with Gasteiger partial charge in [0.05, 0.1) is 17.3 Å². The van der Waals surface area contributed by atoms with Crippen molar-refractivity contribution >= 4 is 17.5 Å². The first kappa shape index (κ1) is 21.8. The van der Waals surface area contributed by atoms with Gasteiger partial charge < -0.3 is 14.5 Å². The molecule has 166 valence electrons. The number of halogens is 1. The van der Waals surface area contributed by atoms with E-state index in [0.29, 0.717) is 50.1 Å². The first-order valence-electron chi connectivity index (χ1n) is 10.8. The van der Waals surface area contributed by atoms with Crippen LogP contribution < -0.4 is 4.90 Å². The third kappa shape index (κ3) is 4.75. The number of benzene rings is 1. The number of aromatic nitrogens is 1. The van der Waals surface area contributed by atoms with E-state index < -0.39 is 5.60 Å². The molecule has 1 aromatic carbocycles. The summed E-state index contributed by atoms with van der Waals surface area (Å²) in [5.41, 5.74) is 3.34. The van der Waals surface area contributed by atoms with E-state index in [1.807, 2.05) is 51.1 Å². The van der Waals surface area contributed by atoms with Gasteiger partial charge in [-0.3, -0.25) is 0 Å². The Labute approximate surface area is 187 Å². The molecule has 0 spiro atoms. The molecule has 3 heterocycles. The fourth-order valence-electron chi connectivity index (χ4n) is 4.05. The normalized spacial score (nSPS) is 16.2. The maximum Gasteiger partial charge on any atom is 0.410 e. The van der Waals surface area contributed by atoms with Crippen LogP contribution in [0.2, 0.25) is 0 Å². The Hall–Kier alpha value is -3.40. The molecule has 1 amide bonds. The molecule has 4 rings (SSSR count). The molecule has 0 fully saturated rings. The van der Waals surface area contributed by atoms with E-state index >= 15 is 0 Å². The van der Waals surface area contributed by atoms with E-state index in [1.54, 1.807) is 11.0 Å². The fourth-order valence-corrected chi connectivity index (χ4v) is 4.05. The van der Waals surface area contributed by atoms with E-state index in [9.17, 15) is 9.18 Å². The molecule has 0 saturated heterocycles. The molecular formula is C25H27FN4O2. The smallest absolute Gasteiger partial charge is 0.410 e. The first-order chi connectivity index (χ1) is 15.2. The second-order valence-corrected chi connectivity index (χ2v) is 9.17. The Bertz CT molecular complexity index is 1110. The van der Waals surface area contributed by atoms with Crippen LogP contribution in [0.25, 0.3) is 5.57 Å². The van der Waals surface area contributed by atoms with Crippen molar-refractivity contribution in [1.29, 1.82) is 5.26 Å². The minimum absolute atomic E-state index is 0.303. The summed E-state index contributed by atoms with van der Waals surface area (Å²) in [6.45, 7) is 7.78. The fraction of sp³-hybridized carbons (Fsp3) is 0.400. The lowest BCUT2D eigenvalue weighted by Gasteiger charge is -2.31. The molecule has 0 radical (unpaired) electrons. The molecule has 0 bridgehead atoms. The highest BCUT2D eigenvalue weighted by molar-refractivity contribution is 5.72. The Kier molecular flexibility index (Phi) is 5.88. The highest BCUT2D eigenvalue weighted by Crippen LogP contribution is 2.28. The SMILES string of the molecule is CC(C)(C)OC(=O)N1CC=C(c2cccc(N3CCc4cc(C#N)cc(F)c4C3)n2)CC1. The number of ether oxygens (including phenoxy) is 1. The lowest BCUT2D eigenvalue weighted by atomic mass is 9.97. The molecule has 0 unspecified atom stereocenters. The molecule has 6 nitrogen and oxygen atoms in total. The first-order valence-corrected chi connectivity index (χ1v) is 10.8. The van der Waals surface area contributed by atoms with Crippen LogP contribution >= 0.6 is 0 Å². The molecule has 1 aromatic heterocycles. The molecule has 2 aliphatic heterocycles. The Morgan fingerprint density at radius 2 is 2.03 bits per heavy atom. The average Bonchev–Trinajstić information content (AvgIpc) is 2.78. The Morgan fingerprint density at radius 1 is 1.22 bits per heavy atom. The van der Waals surface area contributed by atoms with Crippen molar-refractivity contribution in [1.82, 2.24) is 9.88 Å². The number of pyridine rings is 1. The standard InChI is InChI=1S/C25H27FN4O2/c1-25(2,3)32-24(31)29-10-7-18(8-11-29)22-5-4-6-23(28-22)30-12-9-19-13-17(15-27)14-21(26)20(19)16-30/h4-7,13-14H,8-12,16H2,1-3H3. The third-order valence-corrected chi connectivity index (χ3v) is 5.67. The summed E-state index contributed by atoms with van der Waals surface area (Å²) in [6, 6.07) is 11.0. The van der Waals surface area contributed by atoms with Gasteiger partial charge in [0.2, 0.25) is 0 Å². The second-order valence-electron chi connectivity index (χ2n) is 9.17. The van der Waals surface area contributed by atoms with Gasteiger partial charge in [-0.25, -0.2) is 14.2 Å². The lowest BCUT2D eigenvalue weighted by Crippen LogP contribution is -2.39. The Morgan fingerprint density at radius 3 is 2.72 bits per heavy atom. The maximum absolute atomic E-state index is 14.5. The molecule has 0 saturated carbocycles. The quantitative estimate of drug-likeness (QED) is 0.687. The number of hydrogen-bond donors (Lipinski definition) is 0. The zero-order valence-electron chi connectivity index (χ0n) is 18.7. The predicted molar refractivity (Wildman–Crippen MR) is 121 cm³/mol. The van der Waals surface area contributed by atoms with Crippen LogP contribution in [0.3, 0.4) is 0 Å². The van der Waals surface area contributed by atoms with Crippen LogP contribution in [0.4, 0.5) is 15.0 Å². The van der Waals surface area contributed by atoms with E-state index in [1.165, 1.54) is 6.07 Å². The number of nitriles is 1. The van der Waals surface area contributed by atoms with Gasteiger partial charge in [0.1, 0.15) is 17.2 Å². The number of fused-ring (bicyclic) bond motifs is 1. The van der Waals surface area contributed by atoms with Gasteiger partial charge in [-0.15, -0.1) is 0 Å². The van der Waals surface area contributed by atoms with Crippen molar-refractivity contribution in [3.05, 3.63) is 64.6 Å². The summed E-state index contributed by atoms with van der Waals surface area (Å²) in [4.78, 5) is 20.9. The van der Waals surface area contributed by atoms with Crippen LogP contribution in [0.5, 0.6) is 0 Å². The zero-order chi connectivity index (χ0) is 22.9. The number of anilines is 1. The van der Waals surface area contributed by atoms with Crippen molar-refractivity contribution in [2.24, 2.45) is 0 Å². The van der Waals surface area contributed by atoms with Gasteiger partial charge in [-0.05, 0) is 69.0 Å². The van der Waals surface area contributed by atoms with Gasteiger partial charge >= 0.3 is 6.09 Å². The Balaban J connectivity index is 1.48. The number of nitrogens with zero attached hydrogens (tertiary/aromatic N) is 4. The van der Waals surface area contributed by atoms with Crippen LogP contribution in [-0.2, 0) is 17.7 Å². The minimum atomic E-state index is -0.514. The van der Waals surface area contributed by atoms with E-state index in [0.717, 1.165) is 22.6 Å². The molecule has 0 aliphatic carbocycles. The summed E-state index contributed by atoms with van der Waals surface area (Å²) in [5.74, 6) is 0.463. The molecule has 0 N–H and O–H groups in total. The lowest BCUT2D eigenvalue weighted by molar-refractivity contribution is 0.0270. The number of carbonyl (C=O) groups is 1. The molecule has 2 aliphatic rings. The van der Waals surface area contributed by atoms with Crippen LogP contribution in [0.1, 0.15) is 49.6 Å². The average molecular weight is 435 g/mol. The number of carbonyl (C=O) groups excluding carboxylic acids is 1. The van der Waals surface area contributed by atoms with Crippen molar-refractivity contribution < 1.29 is 13.9 Å². The highest BCUT2D eigenvalue weighted by atomic mass is 19.1. The molecular weight excluding hydrogens is 407 g/mol. The predicted octanol–water partition coefficient (Wildman–Crippen LogP) is 4.68. The summed E-state index contributed by atoms with van der Waals surface area (Å²) >= 11 is 0. The zero-order valence-corrected chi connectivity index (χ0v) is 18.7. The van der Waals surface area contributed by atoms with Crippen molar-refractivity contribution in [3.63, 3.8) is 0 Å². The topological polar surface area (TPSA) is 69.5 Å². The van der Waals surface area contributed by atoms with Crippen molar-refractivity contribution in [2.45, 2.75) is 45.8 Å². The van der Waals surface area contributed by atoms with Gasteiger partial charge in [0.15, 0.2) is 0 Å². The number of amides is 1. The largest absolute Gasteiger partial charge is 0.444 e. The number of hydrogen-bond acceptors (Lipinski definition) is 5. The summed E-state index contributed by atoms with van der Waals surface area (Å²) in [5, 5.41) is 9.07. The van der Waals surface area contributed by atoms with Gasteiger partial charge in [0, 0.05) is 31.7 Å². The van der Waals surface area contributed by atoms with E-state index in [-0.39, 0.29) is 11.9 Å². The van der Waals surface area contributed by atoms with Gasteiger partial charge in [-0.2, -0.15) is 5.26 Å². The van der Waals surface area contributed by atoms with Gasteiger partial charge in [-0.1, -0.05) is 12.1 Å². The van der Waals surface area contributed by atoms with Crippen LogP contribution in [0.15, 0.2) is 36.4 Å². The molecule has 32 heavy (non-hydrogen) atoms. The molecule has 2 aromatic rings. The van der Waals surface area contributed by atoms with Crippen LogP contribution in [-0.4, -0.2) is 41.2 Å². The monoisotopic (exact) mass is 434 g/mol. The second kappa shape index (κ2) is 8.62. The summed E-state index contributed by atoms with van der Waals surface area (Å²) in [6.07, 6.45) is 3.09. The van der Waals surface area contributed by atoms with Crippen molar-refractivity contribution in [2.75, 3.05) is 24.5 Å². The van der Waals surface area contributed by atoms with E-state index in [2.05, 4.69) is 4.90 Å². The summed E-state index contributed by atoms with van der Waals surface area (Å²) in [7, 11) is 0. The maximum atomic E-state index is 14.5. The third-order valence-electron chi connectivity index (χ3n) is 5.67. The number of rotatable bonds is 2. The van der Waals surface area contributed by atoms with Gasteiger partial charge in [0.25, 0.3) is 0 Å². The van der Waals surface area contributed by atoms with Crippen molar-refractivity contribution in [3.8, 4) is 6.07 Å². The van der Waals surface area contributed by atoms with Crippen LogP contribution in [0, 0.1) is 17.1 Å².